The van der Waals surface area contributed by atoms with Gasteiger partial charge in [-0.15, -0.1) is 11.3 Å². The van der Waals surface area contributed by atoms with Crippen molar-refractivity contribution in [1.29, 1.82) is 0 Å². The van der Waals surface area contributed by atoms with Crippen LogP contribution in [0.3, 0.4) is 0 Å². The van der Waals surface area contributed by atoms with Crippen LogP contribution in [-0.2, 0) is 4.74 Å². The summed E-state index contributed by atoms with van der Waals surface area (Å²) in [4.78, 5) is 18.4. The maximum Gasteiger partial charge on any atom is 0.273 e. The first-order valence-corrected chi connectivity index (χ1v) is 7.03. The molecular weight excluding hydrogens is 250 g/mol. The van der Waals surface area contributed by atoms with Crippen molar-refractivity contribution in [3.05, 3.63) is 16.1 Å². The Morgan fingerprint density at radius 3 is 3.11 bits per heavy atom. The summed E-state index contributed by atoms with van der Waals surface area (Å²) in [7, 11) is 1.69. The monoisotopic (exact) mass is 269 g/mol. The van der Waals surface area contributed by atoms with Gasteiger partial charge >= 0.3 is 0 Å². The van der Waals surface area contributed by atoms with Crippen molar-refractivity contribution in [2.24, 2.45) is 5.73 Å². The minimum atomic E-state index is -0.121. The molecule has 2 N–H and O–H groups in total. The lowest BCUT2D eigenvalue weighted by Gasteiger charge is -2.31. The molecule has 6 heteroatoms. The number of methoxy groups -OCH3 is 1. The first-order chi connectivity index (χ1) is 8.61. The number of carbonyl (C=O) groups excluding carboxylic acids is 1. The zero-order chi connectivity index (χ0) is 13.1. The number of hydrogen-bond acceptors (Lipinski definition) is 5. The first kappa shape index (κ1) is 13.5. The molecule has 0 spiro atoms. The number of nitrogens with zero attached hydrogens (tertiary/aromatic N) is 2. The Kier molecular flexibility index (Phi) is 4.31. The third kappa shape index (κ3) is 2.88. The van der Waals surface area contributed by atoms with Crippen molar-refractivity contribution in [3.8, 4) is 0 Å². The van der Waals surface area contributed by atoms with Crippen molar-refractivity contribution in [3.63, 3.8) is 0 Å². The van der Waals surface area contributed by atoms with Crippen LogP contribution >= 0.6 is 11.3 Å². The van der Waals surface area contributed by atoms with Crippen LogP contribution in [0, 0.1) is 0 Å². The highest BCUT2D eigenvalue weighted by Crippen LogP contribution is 2.19. The van der Waals surface area contributed by atoms with Crippen LogP contribution in [-0.4, -0.2) is 42.1 Å². The summed E-state index contributed by atoms with van der Waals surface area (Å²) < 4.78 is 5.32. The summed E-state index contributed by atoms with van der Waals surface area (Å²) in [5, 5.41) is 2.59. The Labute approximate surface area is 111 Å². The lowest BCUT2D eigenvalue weighted by atomic mass is 10.1. The van der Waals surface area contributed by atoms with Gasteiger partial charge in [0.25, 0.3) is 5.91 Å². The number of likely N-dealkylation sites (tertiary alicyclic amines) is 1. The average molecular weight is 269 g/mol. The standard InChI is InChI=1S/C12H19N3O2S/c1-8(13)11-14-10(7-18-11)12(16)15-5-3-4-9(6-15)17-2/h7-9H,3-6,13H2,1-2H3. The third-order valence-corrected chi connectivity index (χ3v) is 4.17. The summed E-state index contributed by atoms with van der Waals surface area (Å²) in [5.74, 6) is -0.0140. The highest BCUT2D eigenvalue weighted by molar-refractivity contribution is 7.09. The number of ether oxygens (including phenoxy) is 1. The number of piperidine rings is 1. The molecule has 0 aliphatic carbocycles. The zero-order valence-electron chi connectivity index (χ0n) is 10.8. The maximum atomic E-state index is 12.3. The molecule has 1 aromatic rings. The largest absolute Gasteiger partial charge is 0.380 e. The molecular formula is C12H19N3O2S. The summed E-state index contributed by atoms with van der Waals surface area (Å²) in [6, 6.07) is -0.121. The smallest absolute Gasteiger partial charge is 0.273 e. The number of hydrogen-bond donors (Lipinski definition) is 1. The van der Waals surface area contributed by atoms with Gasteiger partial charge in [0, 0.05) is 25.6 Å². The topological polar surface area (TPSA) is 68.5 Å². The van der Waals surface area contributed by atoms with Crippen LogP contribution < -0.4 is 5.73 Å². The zero-order valence-corrected chi connectivity index (χ0v) is 11.6. The molecule has 0 aromatic carbocycles. The molecule has 2 heterocycles. The summed E-state index contributed by atoms with van der Waals surface area (Å²) >= 11 is 1.44. The van der Waals surface area contributed by atoms with Gasteiger partial charge in [-0.3, -0.25) is 4.79 Å². The Balaban J connectivity index is 2.05. The molecule has 0 saturated carbocycles. The van der Waals surface area contributed by atoms with Gasteiger partial charge in [-0.05, 0) is 19.8 Å². The fraction of sp³-hybridized carbons (Fsp3) is 0.667. The van der Waals surface area contributed by atoms with Crippen LogP contribution in [0.25, 0.3) is 0 Å². The van der Waals surface area contributed by atoms with E-state index < -0.39 is 0 Å². The quantitative estimate of drug-likeness (QED) is 0.901. The van der Waals surface area contributed by atoms with Crippen LogP contribution in [0.5, 0.6) is 0 Å². The molecule has 1 saturated heterocycles. The van der Waals surface area contributed by atoms with Crippen molar-refractivity contribution in [1.82, 2.24) is 9.88 Å². The molecule has 2 atom stereocenters. The second kappa shape index (κ2) is 5.77. The van der Waals surface area contributed by atoms with Crippen molar-refractivity contribution < 1.29 is 9.53 Å². The molecule has 5 nitrogen and oxygen atoms in total. The predicted octanol–water partition coefficient (Wildman–Crippen LogP) is 1.41. The van der Waals surface area contributed by atoms with Crippen LogP contribution in [0.1, 0.15) is 41.3 Å². The van der Waals surface area contributed by atoms with Gasteiger partial charge in [-0.1, -0.05) is 0 Å². The number of nitrogens with two attached hydrogens (primary N) is 1. The van der Waals surface area contributed by atoms with Gasteiger partial charge in [0.2, 0.25) is 0 Å². The number of amides is 1. The average Bonchev–Trinajstić information content (AvgIpc) is 2.87. The SMILES string of the molecule is COC1CCCN(C(=O)c2csc(C(C)N)n2)C1. The van der Waals surface area contributed by atoms with Gasteiger partial charge in [-0.25, -0.2) is 4.98 Å². The molecule has 1 aromatic heterocycles. The lowest BCUT2D eigenvalue weighted by molar-refractivity contribution is 0.0266. The van der Waals surface area contributed by atoms with E-state index in [1.807, 2.05) is 11.8 Å². The van der Waals surface area contributed by atoms with Crippen molar-refractivity contribution in [2.45, 2.75) is 31.9 Å². The fourth-order valence-corrected chi connectivity index (χ4v) is 2.82. The molecule has 1 aliphatic heterocycles. The molecule has 0 radical (unpaired) electrons. The van der Waals surface area contributed by atoms with E-state index in [1.54, 1.807) is 12.5 Å². The minimum Gasteiger partial charge on any atom is -0.380 e. The van der Waals surface area contributed by atoms with Gasteiger partial charge in [0.05, 0.1) is 12.1 Å². The normalized spacial score (nSPS) is 21.9. The third-order valence-electron chi connectivity index (χ3n) is 3.13. The van der Waals surface area contributed by atoms with Gasteiger partial charge < -0.3 is 15.4 Å². The molecule has 2 rings (SSSR count). The van der Waals surface area contributed by atoms with E-state index in [1.165, 1.54) is 11.3 Å². The van der Waals surface area contributed by atoms with Crippen LogP contribution in [0.15, 0.2) is 5.38 Å². The van der Waals surface area contributed by atoms with E-state index in [9.17, 15) is 4.79 Å². The summed E-state index contributed by atoms with van der Waals surface area (Å²) in [6.45, 7) is 3.30. The second-order valence-electron chi connectivity index (χ2n) is 4.61. The van der Waals surface area contributed by atoms with E-state index in [0.717, 1.165) is 24.4 Å². The van der Waals surface area contributed by atoms with Gasteiger partial charge in [0.15, 0.2) is 0 Å². The Morgan fingerprint density at radius 2 is 2.50 bits per heavy atom. The van der Waals surface area contributed by atoms with E-state index in [4.69, 9.17) is 10.5 Å². The van der Waals surface area contributed by atoms with Gasteiger partial charge in [-0.2, -0.15) is 0 Å². The van der Waals surface area contributed by atoms with Crippen LogP contribution in [0.4, 0.5) is 0 Å². The summed E-state index contributed by atoms with van der Waals surface area (Å²) in [6.07, 6.45) is 2.14. The van der Waals surface area contributed by atoms with Crippen LogP contribution in [0.2, 0.25) is 0 Å². The van der Waals surface area contributed by atoms with Crippen molar-refractivity contribution >= 4 is 17.2 Å². The lowest BCUT2D eigenvalue weighted by Crippen LogP contribution is -2.43. The van der Waals surface area contributed by atoms with E-state index >= 15 is 0 Å². The molecule has 2 unspecified atom stereocenters. The van der Waals surface area contributed by atoms with Crippen molar-refractivity contribution in [2.75, 3.05) is 20.2 Å². The Morgan fingerprint density at radius 1 is 1.72 bits per heavy atom. The Bertz CT molecular complexity index is 419. The summed E-state index contributed by atoms with van der Waals surface area (Å²) in [5.41, 5.74) is 6.26. The predicted molar refractivity (Wildman–Crippen MR) is 70.7 cm³/mol. The van der Waals surface area contributed by atoms with E-state index in [2.05, 4.69) is 4.98 Å². The highest BCUT2D eigenvalue weighted by Gasteiger charge is 2.25. The number of rotatable bonds is 3. The molecule has 100 valence electrons. The van der Waals surface area contributed by atoms with E-state index in [-0.39, 0.29) is 18.1 Å². The highest BCUT2D eigenvalue weighted by atomic mass is 32.1. The second-order valence-corrected chi connectivity index (χ2v) is 5.50. The fourth-order valence-electron chi connectivity index (χ4n) is 2.07. The first-order valence-electron chi connectivity index (χ1n) is 6.15. The molecule has 1 amide bonds. The number of aromatic nitrogens is 1. The molecule has 18 heavy (non-hydrogen) atoms. The molecule has 1 aliphatic rings. The minimum absolute atomic E-state index is 0.0140. The molecule has 1 fully saturated rings. The number of thiazole rings is 1. The molecule has 0 bridgehead atoms. The van der Waals surface area contributed by atoms with E-state index in [0.29, 0.717) is 12.2 Å². The Hall–Kier alpha value is -0.980. The number of carbonyl (C=O) groups is 1. The maximum absolute atomic E-state index is 12.3. The van der Waals surface area contributed by atoms with Gasteiger partial charge in [0.1, 0.15) is 10.7 Å².